The lowest BCUT2D eigenvalue weighted by atomic mass is 10.2. The molecule has 4 aromatic rings. The second-order valence-electron chi connectivity index (χ2n) is 7.26. The van der Waals surface area contributed by atoms with Crippen molar-refractivity contribution in [1.29, 1.82) is 0 Å². The van der Waals surface area contributed by atoms with Crippen LogP contribution in [0.2, 0.25) is 0 Å². The highest BCUT2D eigenvalue weighted by Crippen LogP contribution is 2.18. The number of benzene rings is 2. The van der Waals surface area contributed by atoms with Gasteiger partial charge in [-0.1, -0.05) is 25.1 Å². The third-order valence-corrected chi connectivity index (χ3v) is 5.28. The zero-order valence-corrected chi connectivity index (χ0v) is 17.9. The number of carbonyl (C=O) groups excluding carboxylic acids is 2. The standard InChI is InChI=1S/C23H22N4O5/c1-4-18(32-23(30)15-10-11-19-17(12-15)24-13-31-19)21(28)25-20-14(2)26(3)27(22(20)29)16-8-6-5-7-9-16/h5-13,18H,4H2,1-3H3,(H,25,28). The fraction of sp³-hybridized carbons (Fsp3) is 0.217. The molecule has 1 amide bonds. The molecule has 0 aliphatic heterocycles. The minimum Gasteiger partial charge on any atom is -0.449 e. The average Bonchev–Trinajstić information content (AvgIpc) is 3.35. The number of para-hydroxylation sites is 1. The van der Waals surface area contributed by atoms with Gasteiger partial charge in [0.25, 0.3) is 11.5 Å². The largest absolute Gasteiger partial charge is 0.449 e. The van der Waals surface area contributed by atoms with Gasteiger partial charge in [-0.3, -0.25) is 14.3 Å². The Hall–Kier alpha value is -4.14. The molecule has 164 valence electrons. The van der Waals surface area contributed by atoms with Crippen molar-refractivity contribution in [3.05, 3.63) is 76.5 Å². The highest BCUT2D eigenvalue weighted by atomic mass is 16.5. The maximum absolute atomic E-state index is 13.0. The average molecular weight is 434 g/mol. The van der Waals surface area contributed by atoms with Crippen LogP contribution in [0.1, 0.15) is 29.4 Å². The van der Waals surface area contributed by atoms with Crippen LogP contribution in [0.3, 0.4) is 0 Å². The molecule has 0 aliphatic carbocycles. The van der Waals surface area contributed by atoms with E-state index in [1.54, 1.807) is 49.8 Å². The summed E-state index contributed by atoms with van der Waals surface area (Å²) in [6.45, 7) is 3.45. The quantitative estimate of drug-likeness (QED) is 0.467. The first kappa shape index (κ1) is 21.1. The summed E-state index contributed by atoms with van der Waals surface area (Å²) in [6, 6.07) is 13.8. The Balaban J connectivity index is 1.54. The minimum atomic E-state index is -1.07. The molecule has 2 aromatic carbocycles. The topological polar surface area (TPSA) is 108 Å². The Bertz CT molecular complexity index is 1350. The summed E-state index contributed by atoms with van der Waals surface area (Å²) >= 11 is 0. The second-order valence-corrected chi connectivity index (χ2v) is 7.26. The van der Waals surface area contributed by atoms with Gasteiger partial charge >= 0.3 is 5.97 Å². The van der Waals surface area contributed by atoms with Gasteiger partial charge in [0.1, 0.15) is 11.2 Å². The van der Waals surface area contributed by atoms with Crippen LogP contribution in [0.5, 0.6) is 0 Å². The molecule has 9 nitrogen and oxygen atoms in total. The van der Waals surface area contributed by atoms with Gasteiger partial charge in [0.15, 0.2) is 18.1 Å². The Morgan fingerprint density at radius 2 is 1.94 bits per heavy atom. The summed E-state index contributed by atoms with van der Waals surface area (Å²) in [7, 11) is 1.73. The lowest BCUT2D eigenvalue weighted by Crippen LogP contribution is -2.33. The fourth-order valence-corrected chi connectivity index (χ4v) is 3.42. The minimum absolute atomic E-state index is 0.139. The molecule has 4 rings (SSSR count). The summed E-state index contributed by atoms with van der Waals surface area (Å²) in [5.74, 6) is -1.24. The van der Waals surface area contributed by atoms with E-state index < -0.39 is 18.0 Å². The van der Waals surface area contributed by atoms with E-state index in [-0.39, 0.29) is 23.2 Å². The van der Waals surface area contributed by atoms with E-state index in [0.29, 0.717) is 22.5 Å². The third-order valence-electron chi connectivity index (χ3n) is 5.28. The number of carbonyl (C=O) groups is 2. The highest BCUT2D eigenvalue weighted by Gasteiger charge is 2.26. The predicted octanol–water partition coefficient (Wildman–Crippen LogP) is 3.20. The van der Waals surface area contributed by atoms with E-state index in [0.717, 1.165) is 0 Å². The van der Waals surface area contributed by atoms with Crippen LogP contribution in [-0.4, -0.2) is 32.3 Å². The molecule has 32 heavy (non-hydrogen) atoms. The molecule has 0 spiro atoms. The Kier molecular flexibility index (Phi) is 5.63. The summed E-state index contributed by atoms with van der Waals surface area (Å²) in [6.07, 6.45) is 0.453. The van der Waals surface area contributed by atoms with Crippen molar-refractivity contribution < 1.29 is 18.7 Å². The van der Waals surface area contributed by atoms with Crippen LogP contribution in [0.15, 0.2) is 64.1 Å². The first-order chi connectivity index (χ1) is 15.4. The predicted molar refractivity (Wildman–Crippen MR) is 118 cm³/mol. The zero-order valence-electron chi connectivity index (χ0n) is 17.9. The SMILES string of the molecule is CCC(OC(=O)c1ccc2ocnc2c1)C(=O)Nc1c(C)n(C)n(-c2ccccc2)c1=O. The zero-order chi connectivity index (χ0) is 22.8. The molecular formula is C23H22N4O5. The van der Waals surface area contributed by atoms with E-state index in [1.165, 1.54) is 17.1 Å². The van der Waals surface area contributed by atoms with Gasteiger partial charge in [0.05, 0.1) is 16.9 Å². The highest BCUT2D eigenvalue weighted by molar-refractivity contribution is 5.98. The number of esters is 1. The van der Waals surface area contributed by atoms with Gasteiger partial charge < -0.3 is 14.5 Å². The number of hydrogen-bond donors (Lipinski definition) is 1. The number of fused-ring (bicyclic) bond motifs is 1. The Morgan fingerprint density at radius 3 is 2.66 bits per heavy atom. The first-order valence-corrected chi connectivity index (χ1v) is 10.1. The smallest absolute Gasteiger partial charge is 0.338 e. The third kappa shape index (κ3) is 3.80. The maximum atomic E-state index is 13.0. The summed E-state index contributed by atoms with van der Waals surface area (Å²) in [4.78, 5) is 42.5. The van der Waals surface area contributed by atoms with Crippen molar-refractivity contribution in [3.63, 3.8) is 0 Å². The van der Waals surface area contributed by atoms with Crippen molar-refractivity contribution in [2.24, 2.45) is 7.05 Å². The number of ether oxygens (including phenoxy) is 1. The Labute approximate surface area is 183 Å². The molecule has 0 aliphatic rings. The lowest BCUT2D eigenvalue weighted by Gasteiger charge is -2.15. The number of amides is 1. The molecule has 1 unspecified atom stereocenters. The van der Waals surface area contributed by atoms with Crippen LogP contribution in [0, 0.1) is 6.92 Å². The number of rotatable bonds is 6. The molecule has 1 N–H and O–H groups in total. The summed E-state index contributed by atoms with van der Waals surface area (Å²) in [5, 5.41) is 2.65. The number of aromatic nitrogens is 3. The number of nitrogens with one attached hydrogen (secondary N) is 1. The number of hydrogen-bond acceptors (Lipinski definition) is 6. The van der Waals surface area contributed by atoms with E-state index in [4.69, 9.17) is 9.15 Å². The summed E-state index contributed by atoms with van der Waals surface area (Å²) < 4.78 is 13.7. The molecule has 2 aromatic heterocycles. The van der Waals surface area contributed by atoms with Crippen LogP contribution < -0.4 is 10.9 Å². The second kappa shape index (κ2) is 8.54. The van der Waals surface area contributed by atoms with Crippen molar-refractivity contribution >= 4 is 28.7 Å². The molecule has 0 radical (unpaired) electrons. The van der Waals surface area contributed by atoms with Crippen molar-refractivity contribution in [2.45, 2.75) is 26.4 Å². The van der Waals surface area contributed by atoms with Gasteiger partial charge in [-0.15, -0.1) is 0 Å². The van der Waals surface area contributed by atoms with Gasteiger partial charge in [-0.2, -0.15) is 0 Å². The molecule has 1 atom stereocenters. The van der Waals surface area contributed by atoms with Gasteiger partial charge in [0, 0.05) is 7.05 Å². The van der Waals surface area contributed by atoms with Crippen molar-refractivity contribution in [1.82, 2.24) is 14.3 Å². The monoisotopic (exact) mass is 434 g/mol. The van der Waals surface area contributed by atoms with Crippen LogP contribution >= 0.6 is 0 Å². The molecule has 0 saturated heterocycles. The normalized spacial score (nSPS) is 12.0. The number of oxazole rings is 1. The first-order valence-electron chi connectivity index (χ1n) is 10.1. The van der Waals surface area contributed by atoms with Gasteiger partial charge in [-0.25, -0.2) is 14.5 Å². The van der Waals surface area contributed by atoms with Crippen molar-refractivity contribution in [2.75, 3.05) is 5.32 Å². The van der Waals surface area contributed by atoms with Gasteiger partial charge in [-0.05, 0) is 43.7 Å². The number of nitrogens with zero attached hydrogens (tertiary/aromatic N) is 3. The number of anilines is 1. The molecule has 0 saturated carbocycles. The fourth-order valence-electron chi connectivity index (χ4n) is 3.42. The van der Waals surface area contributed by atoms with E-state index >= 15 is 0 Å². The molecular weight excluding hydrogens is 412 g/mol. The van der Waals surface area contributed by atoms with Crippen LogP contribution in [0.25, 0.3) is 16.8 Å². The molecule has 9 heteroatoms. The molecule has 0 fully saturated rings. The van der Waals surface area contributed by atoms with Crippen LogP contribution in [0.4, 0.5) is 5.69 Å². The summed E-state index contributed by atoms with van der Waals surface area (Å²) in [5.41, 5.74) is 2.32. The lowest BCUT2D eigenvalue weighted by molar-refractivity contribution is -0.124. The maximum Gasteiger partial charge on any atom is 0.338 e. The molecule has 2 heterocycles. The van der Waals surface area contributed by atoms with E-state index in [9.17, 15) is 14.4 Å². The van der Waals surface area contributed by atoms with Crippen LogP contribution in [-0.2, 0) is 16.6 Å². The molecule has 0 bridgehead atoms. The van der Waals surface area contributed by atoms with E-state index in [1.807, 2.05) is 18.2 Å². The van der Waals surface area contributed by atoms with Crippen molar-refractivity contribution in [3.8, 4) is 5.69 Å². The van der Waals surface area contributed by atoms with E-state index in [2.05, 4.69) is 10.3 Å². The Morgan fingerprint density at radius 1 is 1.19 bits per heavy atom. The van der Waals surface area contributed by atoms with Gasteiger partial charge in [0.2, 0.25) is 0 Å².